The number of halogens is 1. The number of nitrogens with zero attached hydrogens (tertiary/aromatic N) is 3. The average Bonchev–Trinajstić information content (AvgIpc) is 3.34. The van der Waals surface area contributed by atoms with E-state index in [4.69, 9.17) is 38.1 Å². The van der Waals surface area contributed by atoms with Crippen LogP contribution >= 0.6 is 23.8 Å². The van der Waals surface area contributed by atoms with Crippen LogP contribution in [0.25, 0.3) is 17.0 Å². The molecule has 1 aliphatic rings. The fourth-order valence-corrected chi connectivity index (χ4v) is 4.57. The number of aromatic nitrogens is 2. The summed E-state index contributed by atoms with van der Waals surface area (Å²) in [4.78, 5) is 6.67. The Morgan fingerprint density at radius 1 is 1.03 bits per heavy atom. The molecule has 8 heteroatoms. The van der Waals surface area contributed by atoms with Gasteiger partial charge in [-0.25, -0.2) is 0 Å². The van der Waals surface area contributed by atoms with Crippen LogP contribution in [0.4, 0.5) is 5.69 Å². The van der Waals surface area contributed by atoms with Crippen LogP contribution in [0.2, 0.25) is 5.02 Å². The van der Waals surface area contributed by atoms with Gasteiger partial charge in [-0.3, -0.25) is 4.90 Å². The first-order valence-electron chi connectivity index (χ1n) is 10.7. The Kier molecular flexibility index (Phi) is 6.04. The fourth-order valence-electron chi connectivity index (χ4n) is 4.03. The average molecular weight is 489 g/mol. The minimum Gasteiger partial charge on any atom is -0.497 e. The van der Waals surface area contributed by atoms with Gasteiger partial charge in [0.05, 0.1) is 18.7 Å². The van der Waals surface area contributed by atoms with Gasteiger partial charge in [0.1, 0.15) is 5.75 Å². The standard InChI is InChI=1S/C26H21ClN4O2S/c1-16-22(25-29-24(30-33-25)18-7-4-3-5-8-18)23(17-11-13-21(32-2)14-12-17)28-26(34)31(16)20-10-6-9-19(27)15-20/h3-15,23H,1-2H3,(H,28,34). The van der Waals surface area contributed by atoms with E-state index in [0.29, 0.717) is 21.9 Å². The van der Waals surface area contributed by atoms with E-state index in [9.17, 15) is 0 Å². The Balaban J connectivity index is 1.65. The maximum absolute atomic E-state index is 6.28. The molecule has 1 aromatic heterocycles. The molecule has 34 heavy (non-hydrogen) atoms. The normalized spacial score (nSPS) is 15.9. The summed E-state index contributed by atoms with van der Waals surface area (Å²) < 4.78 is 11.1. The van der Waals surface area contributed by atoms with Crippen LogP contribution in [0.1, 0.15) is 24.4 Å². The number of nitrogens with one attached hydrogen (secondary N) is 1. The fraction of sp³-hybridized carbons (Fsp3) is 0.115. The highest BCUT2D eigenvalue weighted by molar-refractivity contribution is 7.80. The third-order valence-electron chi connectivity index (χ3n) is 5.69. The predicted octanol–water partition coefficient (Wildman–Crippen LogP) is 6.27. The highest BCUT2D eigenvalue weighted by Crippen LogP contribution is 2.39. The topological polar surface area (TPSA) is 63.4 Å². The lowest BCUT2D eigenvalue weighted by Crippen LogP contribution is -2.46. The summed E-state index contributed by atoms with van der Waals surface area (Å²) in [5.41, 5.74) is 4.41. The summed E-state index contributed by atoms with van der Waals surface area (Å²) in [7, 11) is 1.64. The van der Waals surface area contributed by atoms with Crippen LogP contribution in [-0.4, -0.2) is 22.4 Å². The van der Waals surface area contributed by atoms with Crippen molar-refractivity contribution in [3.8, 4) is 17.1 Å². The van der Waals surface area contributed by atoms with E-state index in [1.165, 1.54) is 0 Å². The van der Waals surface area contributed by atoms with Crippen LogP contribution < -0.4 is 15.0 Å². The van der Waals surface area contributed by atoms with Crippen molar-refractivity contribution in [1.82, 2.24) is 15.5 Å². The van der Waals surface area contributed by atoms with Crippen LogP contribution in [-0.2, 0) is 0 Å². The van der Waals surface area contributed by atoms with Crippen molar-refractivity contribution in [3.63, 3.8) is 0 Å². The largest absolute Gasteiger partial charge is 0.497 e. The molecule has 3 aromatic carbocycles. The van der Waals surface area contributed by atoms with Crippen molar-refractivity contribution in [3.05, 3.63) is 101 Å². The maximum Gasteiger partial charge on any atom is 0.258 e. The van der Waals surface area contributed by atoms with Crippen molar-refractivity contribution < 1.29 is 9.26 Å². The second kappa shape index (κ2) is 9.29. The number of methoxy groups -OCH3 is 1. The third-order valence-corrected chi connectivity index (χ3v) is 6.22. The van der Waals surface area contributed by atoms with Crippen LogP contribution in [0.5, 0.6) is 5.75 Å². The molecule has 0 radical (unpaired) electrons. The van der Waals surface area contributed by atoms with Gasteiger partial charge in [0.25, 0.3) is 5.89 Å². The first-order chi connectivity index (χ1) is 16.5. The lowest BCUT2D eigenvalue weighted by atomic mass is 9.94. The van der Waals surface area contributed by atoms with E-state index in [-0.39, 0.29) is 6.04 Å². The van der Waals surface area contributed by atoms with E-state index in [2.05, 4.69) is 10.5 Å². The number of allylic oxidation sites excluding steroid dienone is 1. The lowest BCUT2D eigenvalue weighted by Gasteiger charge is -2.37. The number of hydrogen-bond donors (Lipinski definition) is 1. The van der Waals surface area contributed by atoms with Gasteiger partial charge in [0.15, 0.2) is 5.11 Å². The van der Waals surface area contributed by atoms with Gasteiger partial charge in [-0.2, -0.15) is 4.98 Å². The number of ether oxygens (including phenoxy) is 1. The molecule has 0 bridgehead atoms. The second-order valence-corrected chi connectivity index (χ2v) is 8.58. The molecule has 5 rings (SSSR count). The third kappa shape index (κ3) is 4.16. The van der Waals surface area contributed by atoms with Crippen molar-refractivity contribution in [2.24, 2.45) is 0 Å². The number of thiocarbonyl (C=S) groups is 1. The van der Waals surface area contributed by atoms with E-state index in [1.54, 1.807) is 7.11 Å². The second-order valence-electron chi connectivity index (χ2n) is 7.76. The zero-order valence-electron chi connectivity index (χ0n) is 18.5. The van der Waals surface area contributed by atoms with Gasteiger partial charge in [-0.05, 0) is 55.0 Å². The van der Waals surface area contributed by atoms with Gasteiger partial charge in [0, 0.05) is 22.0 Å². The van der Waals surface area contributed by atoms with Crippen molar-refractivity contribution in [2.75, 3.05) is 12.0 Å². The molecule has 1 N–H and O–H groups in total. The molecule has 0 saturated carbocycles. The molecule has 1 aliphatic heterocycles. The zero-order valence-corrected chi connectivity index (χ0v) is 20.1. The first kappa shape index (κ1) is 22.1. The van der Waals surface area contributed by atoms with Crippen molar-refractivity contribution >= 4 is 40.2 Å². The number of anilines is 1. The smallest absolute Gasteiger partial charge is 0.258 e. The molecular weight excluding hydrogens is 468 g/mol. The van der Waals surface area contributed by atoms with Gasteiger partial charge in [0.2, 0.25) is 5.82 Å². The first-order valence-corrected chi connectivity index (χ1v) is 11.4. The summed E-state index contributed by atoms with van der Waals surface area (Å²) in [5, 5.41) is 8.87. The molecule has 0 fully saturated rings. The van der Waals surface area contributed by atoms with Crippen LogP contribution in [0.3, 0.4) is 0 Å². The predicted molar refractivity (Wildman–Crippen MR) is 138 cm³/mol. The Hall–Kier alpha value is -3.68. The minimum absolute atomic E-state index is 0.294. The Labute approximate surface area is 207 Å². The Morgan fingerprint density at radius 3 is 2.50 bits per heavy atom. The highest BCUT2D eigenvalue weighted by atomic mass is 35.5. The number of rotatable bonds is 5. The molecule has 1 unspecified atom stereocenters. The highest BCUT2D eigenvalue weighted by Gasteiger charge is 2.34. The molecule has 2 heterocycles. The molecule has 4 aromatic rings. The monoisotopic (exact) mass is 488 g/mol. The van der Waals surface area contributed by atoms with Crippen LogP contribution in [0.15, 0.2) is 89.1 Å². The van der Waals surface area contributed by atoms with E-state index >= 15 is 0 Å². The van der Waals surface area contributed by atoms with Crippen molar-refractivity contribution in [1.29, 1.82) is 0 Å². The molecular formula is C26H21ClN4O2S. The van der Waals surface area contributed by atoms with Gasteiger partial charge in [-0.15, -0.1) is 0 Å². The van der Waals surface area contributed by atoms with E-state index < -0.39 is 0 Å². The molecule has 0 spiro atoms. The van der Waals surface area contributed by atoms with Gasteiger partial charge >= 0.3 is 0 Å². The van der Waals surface area contributed by atoms with E-state index in [1.807, 2.05) is 90.7 Å². The maximum atomic E-state index is 6.28. The summed E-state index contributed by atoms with van der Waals surface area (Å²) in [5.74, 6) is 1.71. The zero-order chi connectivity index (χ0) is 23.7. The van der Waals surface area contributed by atoms with Crippen LogP contribution in [0, 0.1) is 0 Å². The molecule has 170 valence electrons. The summed E-state index contributed by atoms with van der Waals surface area (Å²) in [6.07, 6.45) is 0. The van der Waals surface area contributed by atoms with Gasteiger partial charge < -0.3 is 14.6 Å². The summed E-state index contributed by atoms with van der Waals surface area (Å²) in [6.45, 7) is 1.99. The Bertz CT molecular complexity index is 1370. The van der Waals surface area contributed by atoms with Crippen molar-refractivity contribution in [2.45, 2.75) is 13.0 Å². The quantitative estimate of drug-likeness (QED) is 0.332. The summed E-state index contributed by atoms with van der Waals surface area (Å²) in [6, 6.07) is 24.8. The molecule has 0 amide bonds. The minimum atomic E-state index is -0.294. The van der Waals surface area contributed by atoms with E-state index in [0.717, 1.165) is 33.8 Å². The SMILES string of the molecule is COc1ccc(C2NC(=S)N(c3cccc(Cl)c3)C(C)=C2c2nc(-c3ccccc3)no2)cc1. The Morgan fingerprint density at radius 2 is 1.79 bits per heavy atom. The summed E-state index contributed by atoms with van der Waals surface area (Å²) >= 11 is 12.1. The van der Waals surface area contributed by atoms with Gasteiger partial charge in [-0.1, -0.05) is 65.3 Å². The molecule has 1 atom stereocenters. The molecule has 0 saturated heterocycles. The lowest BCUT2D eigenvalue weighted by molar-refractivity contribution is 0.404. The number of hydrogen-bond acceptors (Lipinski definition) is 5. The number of benzene rings is 3. The molecule has 0 aliphatic carbocycles. The molecule has 6 nitrogen and oxygen atoms in total.